The van der Waals surface area contributed by atoms with Crippen molar-refractivity contribution in [2.24, 2.45) is 5.73 Å². The average molecular weight is 338 g/mol. The first kappa shape index (κ1) is 18.5. The molecule has 0 atom stereocenters. The first-order chi connectivity index (χ1) is 11.3. The van der Waals surface area contributed by atoms with Crippen molar-refractivity contribution in [2.75, 3.05) is 26.2 Å². The number of rotatable bonds is 4. The monoisotopic (exact) mass is 338 g/mol. The molecule has 1 heterocycles. The van der Waals surface area contributed by atoms with E-state index in [4.69, 9.17) is 15.2 Å². The highest BCUT2D eigenvalue weighted by atomic mass is 19.1. The zero-order chi connectivity index (χ0) is 17.7. The minimum Gasteiger partial charge on any atom is -0.492 e. The van der Waals surface area contributed by atoms with Crippen LogP contribution in [0.5, 0.6) is 5.75 Å². The van der Waals surface area contributed by atoms with Crippen LogP contribution in [-0.2, 0) is 4.74 Å². The summed E-state index contributed by atoms with van der Waals surface area (Å²) in [5, 5.41) is 0. The highest BCUT2D eigenvalue weighted by molar-refractivity contribution is 5.68. The molecule has 1 aliphatic rings. The molecule has 6 heteroatoms. The second-order valence-corrected chi connectivity index (χ2v) is 7.06. The van der Waals surface area contributed by atoms with Crippen LogP contribution in [0.2, 0.25) is 0 Å². The lowest BCUT2D eigenvalue weighted by Crippen LogP contribution is -2.41. The van der Waals surface area contributed by atoms with E-state index in [0.717, 1.165) is 18.4 Å². The molecule has 1 fully saturated rings. The third-order valence-electron chi connectivity index (χ3n) is 3.94. The van der Waals surface area contributed by atoms with Crippen LogP contribution in [0.15, 0.2) is 18.2 Å². The lowest BCUT2D eigenvalue weighted by Gasteiger charge is -2.34. The van der Waals surface area contributed by atoms with Gasteiger partial charge in [-0.1, -0.05) is 6.07 Å². The van der Waals surface area contributed by atoms with Crippen molar-refractivity contribution in [3.05, 3.63) is 29.6 Å². The molecule has 2 N–H and O–H groups in total. The Labute approximate surface area is 142 Å². The zero-order valence-corrected chi connectivity index (χ0v) is 14.7. The fourth-order valence-corrected chi connectivity index (χ4v) is 2.84. The SMILES string of the molecule is CC(C)(C)OC(=O)N1CCC(c2ccc(F)cc2OCCN)CC1. The van der Waals surface area contributed by atoms with Crippen LogP contribution in [0.25, 0.3) is 0 Å². The van der Waals surface area contributed by atoms with Crippen LogP contribution in [0.4, 0.5) is 9.18 Å². The number of hydrogen-bond acceptors (Lipinski definition) is 4. The van der Waals surface area contributed by atoms with Gasteiger partial charge in [0.25, 0.3) is 0 Å². The quantitative estimate of drug-likeness (QED) is 0.915. The number of halogens is 1. The minimum atomic E-state index is -0.492. The van der Waals surface area contributed by atoms with E-state index in [0.29, 0.717) is 32.0 Å². The number of likely N-dealkylation sites (tertiary alicyclic amines) is 1. The first-order valence-electron chi connectivity index (χ1n) is 8.40. The molecule has 0 unspecified atom stereocenters. The van der Waals surface area contributed by atoms with Crippen molar-refractivity contribution in [3.63, 3.8) is 0 Å². The molecule has 5 nitrogen and oxygen atoms in total. The van der Waals surface area contributed by atoms with Gasteiger partial charge in [0.15, 0.2) is 0 Å². The molecular formula is C18H27FN2O3. The van der Waals surface area contributed by atoms with Gasteiger partial charge >= 0.3 is 6.09 Å². The van der Waals surface area contributed by atoms with Gasteiger partial charge in [-0.3, -0.25) is 0 Å². The second-order valence-electron chi connectivity index (χ2n) is 7.06. The standard InChI is InChI=1S/C18H27FN2O3/c1-18(2,3)24-17(22)21-9-6-13(7-10-21)15-5-4-14(19)12-16(15)23-11-8-20/h4-5,12-13H,6-11,20H2,1-3H3. The maximum Gasteiger partial charge on any atom is 0.410 e. The van der Waals surface area contributed by atoms with Gasteiger partial charge < -0.3 is 20.1 Å². The molecule has 0 aliphatic carbocycles. The zero-order valence-electron chi connectivity index (χ0n) is 14.7. The van der Waals surface area contributed by atoms with Gasteiger partial charge in [-0.05, 0) is 51.2 Å². The topological polar surface area (TPSA) is 64.8 Å². The summed E-state index contributed by atoms with van der Waals surface area (Å²) in [5.74, 6) is 0.463. The normalized spacial score (nSPS) is 16.1. The number of nitrogens with zero attached hydrogens (tertiary/aromatic N) is 1. The largest absolute Gasteiger partial charge is 0.492 e. The Balaban J connectivity index is 2.00. The Morgan fingerprint density at radius 2 is 2.00 bits per heavy atom. The molecule has 1 aromatic rings. The number of nitrogens with two attached hydrogens (primary N) is 1. The van der Waals surface area contributed by atoms with Crippen molar-refractivity contribution >= 4 is 6.09 Å². The van der Waals surface area contributed by atoms with Gasteiger partial charge in [-0.15, -0.1) is 0 Å². The lowest BCUT2D eigenvalue weighted by atomic mass is 9.89. The van der Waals surface area contributed by atoms with E-state index < -0.39 is 5.60 Å². The highest BCUT2D eigenvalue weighted by Crippen LogP contribution is 2.35. The van der Waals surface area contributed by atoms with Crippen LogP contribution in [0.3, 0.4) is 0 Å². The maximum absolute atomic E-state index is 13.5. The van der Waals surface area contributed by atoms with Crippen LogP contribution >= 0.6 is 0 Å². The van der Waals surface area contributed by atoms with E-state index in [9.17, 15) is 9.18 Å². The summed E-state index contributed by atoms with van der Waals surface area (Å²) in [6, 6.07) is 4.63. The lowest BCUT2D eigenvalue weighted by molar-refractivity contribution is 0.0204. The molecule has 0 radical (unpaired) electrons. The summed E-state index contributed by atoms with van der Waals surface area (Å²) < 4.78 is 24.5. The van der Waals surface area contributed by atoms with E-state index in [-0.39, 0.29) is 17.8 Å². The van der Waals surface area contributed by atoms with Crippen LogP contribution < -0.4 is 10.5 Å². The van der Waals surface area contributed by atoms with Gasteiger partial charge in [0.05, 0.1) is 0 Å². The van der Waals surface area contributed by atoms with Gasteiger partial charge in [0.2, 0.25) is 0 Å². The van der Waals surface area contributed by atoms with Gasteiger partial charge in [-0.25, -0.2) is 9.18 Å². The van der Waals surface area contributed by atoms with E-state index >= 15 is 0 Å². The third-order valence-corrected chi connectivity index (χ3v) is 3.94. The molecule has 0 bridgehead atoms. The minimum absolute atomic E-state index is 0.233. The summed E-state index contributed by atoms with van der Waals surface area (Å²) in [6.07, 6.45) is 1.31. The summed E-state index contributed by atoms with van der Waals surface area (Å²) in [7, 11) is 0. The molecule has 24 heavy (non-hydrogen) atoms. The van der Waals surface area contributed by atoms with Gasteiger partial charge in [0.1, 0.15) is 23.8 Å². The van der Waals surface area contributed by atoms with E-state index in [1.54, 1.807) is 11.0 Å². The third kappa shape index (κ3) is 5.09. The van der Waals surface area contributed by atoms with E-state index in [1.807, 2.05) is 20.8 Å². The van der Waals surface area contributed by atoms with E-state index in [1.165, 1.54) is 12.1 Å². The second kappa shape index (κ2) is 7.83. The number of hydrogen-bond donors (Lipinski definition) is 1. The Bertz CT molecular complexity index is 564. The molecule has 0 saturated carbocycles. The summed E-state index contributed by atoms with van der Waals surface area (Å²) in [6.45, 7) is 7.55. The fraction of sp³-hybridized carbons (Fsp3) is 0.611. The maximum atomic E-state index is 13.5. The molecular weight excluding hydrogens is 311 g/mol. The first-order valence-corrected chi connectivity index (χ1v) is 8.40. The van der Waals surface area contributed by atoms with Crippen molar-refractivity contribution in [2.45, 2.75) is 45.1 Å². The van der Waals surface area contributed by atoms with Gasteiger partial charge in [0, 0.05) is 25.7 Å². The number of amides is 1. The van der Waals surface area contributed by atoms with Crippen LogP contribution in [-0.4, -0.2) is 42.8 Å². The van der Waals surface area contributed by atoms with Crippen molar-refractivity contribution in [1.82, 2.24) is 4.90 Å². The Kier molecular flexibility index (Phi) is 6.04. The predicted octanol–water partition coefficient (Wildman–Crippen LogP) is 3.28. The summed E-state index contributed by atoms with van der Waals surface area (Å²) in [4.78, 5) is 13.9. The number of benzene rings is 1. The fourth-order valence-electron chi connectivity index (χ4n) is 2.84. The number of piperidine rings is 1. The van der Waals surface area contributed by atoms with Crippen LogP contribution in [0.1, 0.15) is 45.1 Å². The molecule has 1 aliphatic heterocycles. The molecule has 1 aromatic carbocycles. The molecule has 0 aromatic heterocycles. The molecule has 1 saturated heterocycles. The van der Waals surface area contributed by atoms with Crippen molar-refractivity contribution in [3.8, 4) is 5.75 Å². The molecule has 134 valence electrons. The Morgan fingerprint density at radius 1 is 1.33 bits per heavy atom. The average Bonchev–Trinajstić information content (AvgIpc) is 2.51. The molecule has 0 spiro atoms. The Morgan fingerprint density at radius 3 is 2.58 bits per heavy atom. The van der Waals surface area contributed by atoms with Crippen molar-refractivity contribution in [1.29, 1.82) is 0 Å². The number of carbonyl (C=O) groups excluding carboxylic acids is 1. The van der Waals surface area contributed by atoms with E-state index in [2.05, 4.69) is 0 Å². The van der Waals surface area contributed by atoms with Gasteiger partial charge in [-0.2, -0.15) is 0 Å². The highest BCUT2D eigenvalue weighted by Gasteiger charge is 2.28. The molecule has 2 rings (SSSR count). The summed E-state index contributed by atoms with van der Waals surface area (Å²) >= 11 is 0. The van der Waals surface area contributed by atoms with Crippen LogP contribution in [0, 0.1) is 5.82 Å². The number of carbonyl (C=O) groups is 1. The summed E-state index contributed by atoms with van der Waals surface area (Å²) in [5.41, 5.74) is 5.96. The van der Waals surface area contributed by atoms with Crippen molar-refractivity contribution < 1.29 is 18.7 Å². The number of ether oxygens (including phenoxy) is 2. The smallest absolute Gasteiger partial charge is 0.410 e. The Hall–Kier alpha value is -1.82. The predicted molar refractivity (Wildman–Crippen MR) is 90.7 cm³/mol. The molecule has 1 amide bonds.